The van der Waals surface area contributed by atoms with E-state index in [1.165, 1.54) is 5.56 Å². The Morgan fingerprint density at radius 1 is 1.16 bits per heavy atom. The lowest BCUT2D eigenvalue weighted by Gasteiger charge is -2.16. The van der Waals surface area contributed by atoms with Gasteiger partial charge in [0.05, 0.1) is 12.1 Å². The Balaban J connectivity index is 2.17. The molecule has 0 radical (unpaired) electrons. The third-order valence-electron chi connectivity index (χ3n) is 2.81. The Kier molecular flexibility index (Phi) is 5.14. The molecular weight excluding hydrogens is 278 g/mol. The molecule has 19 heavy (non-hydrogen) atoms. The number of hydrogen-bond donors (Lipinski definition) is 1. The van der Waals surface area contributed by atoms with Crippen LogP contribution in [-0.4, -0.2) is 13.7 Å². The van der Waals surface area contributed by atoms with E-state index in [4.69, 9.17) is 22.1 Å². The molecule has 100 valence electrons. The number of halogens is 1. The standard InChI is InChI=1S/C15H16ClNOS/c1-18-12-8-6-11(7-9-12)15(10-17)19-14-5-3-2-4-13(14)16/h2-9,15H,10,17H2,1H3. The lowest BCUT2D eigenvalue weighted by molar-refractivity contribution is 0.414. The number of nitrogens with two attached hydrogens (primary N) is 1. The smallest absolute Gasteiger partial charge is 0.118 e. The number of ether oxygens (including phenoxy) is 1. The molecule has 2 nitrogen and oxygen atoms in total. The van der Waals surface area contributed by atoms with Gasteiger partial charge in [0, 0.05) is 16.7 Å². The normalized spacial score (nSPS) is 12.2. The summed E-state index contributed by atoms with van der Waals surface area (Å²) in [7, 11) is 1.66. The number of hydrogen-bond acceptors (Lipinski definition) is 3. The number of methoxy groups -OCH3 is 1. The molecule has 0 saturated heterocycles. The molecule has 0 aromatic heterocycles. The maximum Gasteiger partial charge on any atom is 0.118 e. The minimum Gasteiger partial charge on any atom is -0.497 e. The summed E-state index contributed by atoms with van der Waals surface area (Å²) in [6.45, 7) is 0.558. The van der Waals surface area contributed by atoms with E-state index in [2.05, 4.69) is 0 Å². The van der Waals surface area contributed by atoms with Crippen LogP contribution in [0.1, 0.15) is 10.8 Å². The monoisotopic (exact) mass is 293 g/mol. The van der Waals surface area contributed by atoms with Crippen LogP contribution in [0.15, 0.2) is 53.4 Å². The van der Waals surface area contributed by atoms with Crippen LogP contribution in [0, 0.1) is 0 Å². The summed E-state index contributed by atoms with van der Waals surface area (Å²) in [5, 5.41) is 0.949. The van der Waals surface area contributed by atoms with Gasteiger partial charge in [0.25, 0.3) is 0 Å². The van der Waals surface area contributed by atoms with Crippen molar-refractivity contribution in [2.24, 2.45) is 5.73 Å². The van der Waals surface area contributed by atoms with Crippen molar-refractivity contribution in [2.75, 3.05) is 13.7 Å². The van der Waals surface area contributed by atoms with Gasteiger partial charge in [-0.25, -0.2) is 0 Å². The Bertz CT molecular complexity index is 530. The molecule has 2 aromatic carbocycles. The van der Waals surface area contributed by atoms with Gasteiger partial charge in [0.15, 0.2) is 0 Å². The van der Waals surface area contributed by atoms with Gasteiger partial charge in [-0.05, 0) is 29.8 Å². The van der Waals surface area contributed by atoms with Gasteiger partial charge < -0.3 is 10.5 Å². The van der Waals surface area contributed by atoms with Gasteiger partial charge in [-0.15, -0.1) is 11.8 Å². The molecule has 4 heteroatoms. The summed E-state index contributed by atoms with van der Waals surface area (Å²) < 4.78 is 5.16. The SMILES string of the molecule is COc1ccc(C(CN)Sc2ccccc2Cl)cc1. The molecule has 0 amide bonds. The van der Waals surface area contributed by atoms with E-state index >= 15 is 0 Å². The van der Waals surface area contributed by atoms with E-state index < -0.39 is 0 Å². The number of thioether (sulfide) groups is 1. The van der Waals surface area contributed by atoms with E-state index in [9.17, 15) is 0 Å². The first kappa shape index (κ1) is 14.3. The van der Waals surface area contributed by atoms with Crippen LogP contribution < -0.4 is 10.5 Å². The molecule has 2 rings (SSSR count). The molecular formula is C15H16ClNOS. The summed E-state index contributed by atoms with van der Waals surface area (Å²) in [6, 6.07) is 15.8. The third-order valence-corrected chi connectivity index (χ3v) is 4.61. The molecule has 1 unspecified atom stereocenters. The van der Waals surface area contributed by atoms with Gasteiger partial charge in [0.2, 0.25) is 0 Å². The molecule has 0 bridgehead atoms. The summed E-state index contributed by atoms with van der Waals surface area (Å²) >= 11 is 7.86. The Morgan fingerprint density at radius 3 is 2.42 bits per heavy atom. The quantitative estimate of drug-likeness (QED) is 0.842. The number of benzene rings is 2. The molecule has 0 spiro atoms. The van der Waals surface area contributed by atoms with Crippen molar-refractivity contribution < 1.29 is 4.74 Å². The molecule has 2 aromatic rings. The molecule has 1 atom stereocenters. The maximum absolute atomic E-state index is 6.18. The summed E-state index contributed by atoms with van der Waals surface area (Å²) in [4.78, 5) is 1.05. The van der Waals surface area contributed by atoms with Gasteiger partial charge >= 0.3 is 0 Å². The predicted octanol–water partition coefficient (Wildman–Crippen LogP) is 4.14. The van der Waals surface area contributed by atoms with Crippen LogP contribution in [0.4, 0.5) is 0 Å². The fourth-order valence-electron chi connectivity index (χ4n) is 1.76. The van der Waals surface area contributed by atoms with Crippen molar-refractivity contribution in [1.82, 2.24) is 0 Å². The third kappa shape index (κ3) is 3.66. The summed E-state index contributed by atoms with van der Waals surface area (Å²) in [5.41, 5.74) is 7.05. The highest BCUT2D eigenvalue weighted by Crippen LogP contribution is 2.38. The van der Waals surface area contributed by atoms with Crippen molar-refractivity contribution in [1.29, 1.82) is 0 Å². The highest BCUT2D eigenvalue weighted by Gasteiger charge is 2.13. The second-order valence-electron chi connectivity index (χ2n) is 4.05. The van der Waals surface area contributed by atoms with Crippen LogP contribution in [0.2, 0.25) is 5.02 Å². The average molecular weight is 294 g/mol. The van der Waals surface area contributed by atoms with Gasteiger partial charge in [-0.2, -0.15) is 0 Å². The van der Waals surface area contributed by atoms with Gasteiger partial charge in [-0.3, -0.25) is 0 Å². The maximum atomic E-state index is 6.18. The zero-order chi connectivity index (χ0) is 13.7. The van der Waals surface area contributed by atoms with Crippen LogP contribution in [-0.2, 0) is 0 Å². The van der Waals surface area contributed by atoms with Gasteiger partial charge in [0.1, 0.15) is 5.75 Å². The molecule has 0 saturated carbocycles. The first-order valence-electron chi connectivity index (χ1n) is 6.00. The second kappa shape index (κ2) is 6.85. The number of rotatable bonds is 5. The van der Waals surface area contributed by atoms with Crippen LogP contribution in [0.5, 0.6) is 5.75 Å². The summed E-state index contributed by atoms with van der Waals surface area (Å²) in [6.07, 6.45) is 0. The molecule has 0 aliphatic rings. The first-order chi connectivity index (χ1) is 9.24. The van der Waals surface area contributed by atoms with Crippen molar-refractivity contribution in [3.63, 3.8) is 0 Å². The topological polar surface area (TPSA) is 35.2 Å². The first-order valence-corrected chi connectivity index (χ1v) is 7.25. The Morgan fingerprint density at radius 2 is 1.84 bits per heavy atom. The molecule has 0 aliphatic heterocycles. The highest BCUT2D eigenvalue weighted by molar-refractivity contribution is 7.99. The minimum atomic E-state index is 0.186. The van der Waals surface area contributed by atoms with Crippen LogP contribution in [0.3, 0.4) is 0 Å². The van der Waals surface area contributed by atoms with Crippen LogP contribution >= 0.6 is 23.4 Å². The van der Waals surface area contributed by atoms with Crippen molar-refractivity contribution in [3.05, 3.63) is 59.1 Å². The van der Waals surface area contributed by atoms with Crippen molar-refractivity contribution in [2.45, 2.75) is 10.1 Å². The minimum absolute atomic E-state index is 0.186. The van der Waals surface area contributed by atoms with Crippen molar-refractivity contribution >= 4 is 23.4 Å². The van der Waals surface area contributed by atoms with Gasteiger partial charge in [-0.1, -0.05) is 35.9 Å². The zero-order valence-corrected chi connectivity index (χ0v) is 12.2. The zero-order valence-electron chi connectivity index (χ0n) is 10.7. The molecule has 0 aliphatic carbocycles. The fraction of sp³-hybridized carbons (Fsp3) is 0.200. The fourth-order valence-corrected chi connectivity index (χ4v) is 3.07. The van der Waals surface area contributed by atoms with E-state index in [1.807, 2.05) is 48.5 Å². The summed E-state index contributed by atoms with van der Waals surface area (Å²) in [5.74, 6) is 0.849. The highest BCUT2D eigenvalue weighted by atomic mass is 35.5. The van der Waals surface area contributed by atoms with E-state index in [0.717, 1.165) is 15.7 Å². The lowest BCUT2D eigenvalue weighted by Crippen LogP contribution is -2.09. The second-order valence-corrected chi connectivity index (χ2v) is 5.70. The molecule has 0 fully saturated rings. The van der Waals surface area contributed by atoms with Crippen molar-refractivity contribution in [3.8, 4) is 5.75 Å². The molecule has 2 N–H and O–H groups in total. The van der Waals surface area contributed by atoms with E-state index in [1.54, 1.807) is 18.9 Å². The van der Waals surface area contributed by atoms with E-state index in [-0.39, 0.29) is 5.25 Å². The van der Waals surface area contributed by atoms with Crippen LogP contribution in [0.25, 0.3) is 0 Å². The predicted molar refractivity (Wildman–Crippen MR) is 82.1 cm³/mol. The molecule has 0 heterocycles. The van der Waals surface area contributed by atoms with E-state index in [0.29, 0.717) is 6.54 Å². The largest absolute Gasteiger partial charge is 0.497 e. The Labute approximate surface area is 122 Å². The Hall–Kier alpha value is -1.16. The lowest BCUT2D eigenvalue weighted by atomic mass is 10.1. The average Bonchev–Trinajstić information content (AvgIpc) is 2.47.